The van der Waals surface area contributed by atoms with Gasteiger partial charge in [-0.1, -0.05) is 42.5 Å². The van der Waals surface area contributed by atoms with Crippen LogP contribution in [-0.2, 0) is 26.2 Å². The highest BCUT2D eigenvalue weighted by atomic mass is 32.2. The first-order valence-corrected chi connectivity index (χ1v) is 14.9. The lowest BCUT2D eigenvalue weighted by Gasteiger charge is -2.25. The number of carbonyl (C=O) groups is 2. The summed E-state index contributed by atoms with van der Waals surface area (Å²) in [4.78, 5) is 24.9. The number of hydrogen-bond acceptors (Lipinski definition) is 8. The van der Waals surface area contributed by atoms with Gasteiger partial charge in [0.1, 0.15) is 23.8 Å². The molecule has 4 rings (SSSR count). The van der Waals surface area contributed by atoms with E-state index in [1.807, 2.05) is 30.3 Å². The first kappa shape index (κ1) is 31.6. The van der Waals surface area contributed by atoms with E-state index >= 15 is 0 Å². The van der Waals surface area contributed by atoms with Crippen molar-refractivity contribution < 1.29 is 32.2 Å². The molecular formula is C32H32N4O7S. The summed E-state index contributed by atoms with van der Waals surface area (Å²) in [5.74, 6) is 0.321. The highest BCUT2D eigenvalue weighted by molar-refractivity contribution is 7.92. The molecule has 0 atom stereocenters. The second-order valence-electron chi connectivity index (χ2n) is 9.27. The fourth-order valence-electron chi connectivity index (χ4n) is 4.00. The van der Waals surface area contributed by atoms with Gasteiger partial charge in [-0.25, -0.2) is 13.8 Å². The predicted octanol–water partition coefficient (Wildman–Crippen LogP) is 3.74. The number of nitrogens with zero attached hydrogens (tertiary/aromatic N) is 2. The van der Waals surface area contributed by atoms with Gasteiger partial charge in [0.2, 0.25) is 0 Å². The van der Waals surface area contributed by atoms with Crippen molar-refractivity contribution in [2.24, 2.45) is 5.10 Å². The summed E-state index contributed by atoms with van der Waals surface area (Å²) in [5, 5.41) is 6.76. The van der Waals surface area contributed by atoms with E-state index in [1.54, 1.807) is 48.5 Å². The lowest BCUT2D eigenvalue weighted by Crippen LogP contribution is -2.39. The van der Waals surface area contributed by atoms with Crippen molar-refractivity contribution >= 4 is 33.7 Å². The first-order valence-electron chi connectivity index (χ1n) is 13.5. The average molecular weight is 617 g/mol. The van der Waals surface area contributed by atoms with Crippen LogP contribution in [0.1, 0.15) is 11.1 Å². The molecule has 11 nitrogen and oxygen atoms in total. The van der Waals surface area contributed by atoms with Gasteiger partial charge in [-0.2, -0.15) is 5.10 Å². The topological polar surface area (TPSA) is 136 Å². The van der Waals surface area contributed by atoms with Crippen LogP contribution in [0.15, 0.2) is 113 Å². The van der Waals surface area contributed by atoms with Gasteiger partial charge in [0.15, 0.2) is 6.61 Å². The first-order chi connectivity index (χ1) is 21.3. The Kier molecular flexibility index (Phi) is 10.9. The Balaban J connectivity index is 1.36. The summed E-state index contributed by atoms with van der Waals surface area (Å²) in [7, 11) is -1.28. The Morgan fingerprint density at radius 2 is 1.45 bits per heavy atom. The molecule has 0 fully saturated rings. The molecule has 0 aromatic heterocycles. The Labute approximate surface area is 256 Å². The second-order valence-corrected chi connectivity index (χ2v) is 11.1. The fraction of sp³-hybridized carbons (Fsp3) is 0.156. The number of methoxy groups -OCH3 is 2. The van der Waals surface area contributed by atoms with E-state index in [2.05, 4.69) is 15.8 Å². The third kappa shape index (κ3) is 8.58. The summed E-state index contributed by atoms with van der Waals surface area (Å²) in [5.41, 5.74) is 4.19. The van der Waals surface area contributed by atoms with Gasteiger partial charge in [0.05, 0.1) is 31.0 Å². The maximum absolute atomic E-state index is 13.6. The molecule has 228 valence electrons. The molecule has 0 radical (unpaired) electrons. The highest BCUT2D eigenvalue weighted by Gasteiger charge is 2.29. The molecule has 0 aliphatic carbocycles. The fourth-order valence-corrected chi connectivity index (χ4v) is 5.43. The van der Waals surface area contributed by atoms with Crippen LogP contribution in [0, 0.1) is 0 Å². The minimum atomic E-state index is -4.18. The number of carbonyl (C=O) groups excluding carboxylic acids is 2. The number of anilines is 1. The number of benzene rings is 4. The standard InChI is InChI=1S/C32H32N4O7S/c1-41-26-16-18-28(19-17-26)44(39,40)36(29-10-6-7-11-30(29)42-2)22-31(37)35-34-21-25-12-14-27(15-13-25)43-23-32(38)33-20-24-8-4-3-5-9-24/h3-19,21H,20,22-23H2,1-2H3,(H,33,38)(H,35,37)/b34-21-. The normalized spacial score (nSPS) is 11.0. The quantitative estimate of drug-likeness (QED) is 0.163. The third-order valence-corrected chi connectivity index (χ3v) is 8.05. The SMILES string of the molecule is COc1ccc(S(=O)(=O)N(CC(=O)N/N=C\c2ccc(OCC(=O)NCc3ccccc3)cc2)c2ccccc2OC)cc1. The number of ether oxygens (including phenoxy) is 3. The number of nitrogens with one attached hydrogen (secondary N) is 2. The zero-order chi connectivity index (χ0) is 31.4. The van der Waals surface area contributed by atoms with Crippen LogP contribution in [0.3, 0.4) is 0 Å². The maximum atomic E-state index is 13.6. The monoisotopic (exact) mass is 616 g/mol. The maximum Gasteiger partial charge on any atom is 0.264 e. The van der Waals surface area contributed by atoms with E-state index in [-0.39, 0.29) is 28.8 Å². The second kappa shape index (κ2) is 15.2. The van der Waals surface area contributed by atoms with E-state index < -0.39 is 22.5 Å². The van der Waals surface area contributed by atoms with E-state index in [9.17, 15) is 18.0 Å². The van der Waals surface area contributed by atoms with Gasteiger partial charge in [0.25, 0.3) is 21.8 Å². The number of amides is 2. The van der Waals surface area contributed by atoms with Gasteiger partial charge >= 0.3 is 0 Å². The van der Waals surface area contributed by atoms with Crippen molar-refractivity contribution in [1.82, 2.24) is 10.7 Å². The van der Waals surface area contributed by atoms with Crippen LogP contribution in [0.5, 0.6) is 17.2 Å². The number of rotatable bonds is 14. The van der Waals surface area contributed by atoms with Crippen molar-refractivity contribution in [3.63, 3.8) is 0 Å². The Bertz CT molecular complexity index is 1680. The number of sulfonamides is 1. The molecule has 0 spiro atoms. The zero-order valence-electron chi connectivity index (χ0n) is 24.2. The van der Waals surface area contributed by atoms with Gasteiger partial charge in [-0.05, 0) is 71.8 Å². The Morgan fingerprint density at radius 1 is 0.795 bits per heavy atom. The highest BCUT2D eigenvalue weighted by Crippen LogP contribution is 2.32. The van der Waals surface area contributed by atoms with Gasteiger partial charge in [0, 0.05) is 6.54 Å². The summed E-state index contributed by atoms with van der Waals surface area (Å²) >= 11 is 0. The molecule has 0 aliphatic rings. The lowest BCUT2D eigenvalue weighted by molar-refractivity contribution is -0.123. The van der Waals surface area contributed by atoms with Crippen LogP contribution in [0.4, 0.5) is 5.69 Å². The molecule has 0 bridgehead atoms. The predicted molar refractivity (Wildman–Crippen MR) is 166 cm³/mol. The number of para-hydroxylation sites is 2. The molecule has 0 unspecified atom stereocenters. The smallest absolute Gasteiger partial charge is 0.264 e. The summed E-state index contributed by atoms with van der Waals surface area (Å²) in [6, 6.07) is 28.6. The average Bonchev–Trinajstić information content (AvgIpc) is 3.06. The molecule has 12 heteroatoms. The molecule has 0 saturated heterocycles. The van der Waals surface area contributed by atoms with Crippen LogP contribution in [-0.4, -0.2) is 53.8 Å². The Morgan fingerprint density at radius 3 is 2.14 bits per heavy atom. The van der Waals surface area contributed by atoms with Crippen LogP contribution < -0.4 is 29.3 Å². The largest absolute Gasteiger partial charge is 0.497 e. The lowest BCUT2D eigenvalue weighted by atomic mass is 10.2. The molecular weight excluding hydrogens is 584 g/mol. The van der Waals surface area contributed by atoms with Crippen molar-refractivity contribution in [3.05, 3.63) is 114 Å². The molecule has 0 saturated carbocycles. The van der Waals surface area contributed by atoms with Gasteiger partial charge in [-0.15, -0.1) is 0 Å². The summed E-state index contributed by atoms with van der Waals surface area (Å²) in [6.45, 7) is -0.294. The molecule has 0 aliphatic heterocycles. The summed E-state index contributed by atoms with van der Waals surface area (Å²) < 4.78 is 44.3. The van der Waals surface area contributed by atoms with Gasteiger partial charge in [-0.3, -0.25) is 13.9 Å². The molecule has 4 aromatic carbocycles. The third-order valence-electron chi connectivity index (χ3n) is 6.27. The molecule has 2 N–H and O–H groups in total. The van der Waals surface area contributed by atoms with Crippen molar-refractivity contribution in [3.8, 4) is 17.2 Å². The van der Waals surface area contributed by atoms with Crippen molar-refractivity contribution in [2.75, 3.05) is 31.7 Å². The molecule has 44 heavy (non-hydrogen) atoms. The molecule has 2 amide bonds. The Hall–Kier alpha value is -5.36. The van der Waals surface area contributed by atoms with Gasteiger partial charge < -0.3 is 19.5 Å². The van der Waals surface area contributed by atoms with E-state index in [1.165, 1.54) is 44.7 Å². The molecule has 0 heterocycles. The van der Waals surface area contributed by atoms with Crippen LogP contribution in [0.25, 0.3) is 0 Å². The number of hydrazone groups is 1. The van der Waals surface area contributed by atoms with Crippen LogP contribution in [0.2, 0.25) is 0 Å². The minimum absolute atomic E-state index is 0.0310. The van der Waals surface area contributed by atoms with Crippen LogP contribution >= 0.6 is 0 Å². The van der Waals surface area contributed by atoms with Crippen molar-refractivity contribution in [2.45, 2.75) is 11.4 Å². The minimum Gasteiger partial charge on any atom is -0.497 e. The molecule has 4 aromatic rings. The van der Waals surface area contributed by atoms with E-state index in [0.717, 1.165) is 9.87 Å². The number of hydrogen-bond donors (Lipinski definition) is 2. The summed E-state index contributed by atoms with van der Waals surface area (Å²) in [6.07, 6.45) is 1.40. The zero-order valence-corrected chi connectivity index (χ0v) is 25.0. The van der Waals surface area contributed by atoms with E-state index in [4.69, 9.17) is 14.2 Å². The van der Waals surface area contributed by atoms with Crippen molar-refractivity contribution in [1.29, 1.82) is 0 Å². The van der Waals surface area contributed by atoms with E-state index in [0.29, 0.717) is 23.6 Å².